The van der Waals surface area contributed by atoms with E-state index >= 15 is 0 Å². The van der Waals surface area contributed by atoms with Crippen LogP contribution in [0.25, 0.3) is 0 Å². The Balaban J connectivity index is 0.00000225. The van der Waals surface area contributed by atoms with Crippen LogP contribution in [0.3, 0.4) is 0 Å². The Labute approximate surface area is 156 Å². The minimum absolute atomic E-state index is 0. The summed E-state index contributed by atoms with van der Waals surface area (Å²) >= 11 is 0. The number of hydrogen-bond acceptors (Lipinski definition) is 3. The molecule has 2 aromatic rings. The van der Waals surface area contributed by atoms with Gasteiger partial charge in [-0.25, -0.2) is 0 Å². The van der Waals surface area contributed by atoms with Gasteiger partial charge in [-0.15, -0.1) is 0 Å². The minimum Gasteiger partial charge on any atom is -1.00 e. The highest BCUT2D eigenvalue weighted by atomic mass is 35.5. The SMILES string of the molecule is CC(CN1CCCC1)OC(=O)C(c1ccccc1)c1ccccc1.[Cl-]. The summed E-state index contributed by atoms with van der Waals surface area (Å²) in [5.74, 6) is -0.535. The van der Waals surface area contributed by atoms with Crippen molar-refractivity contribution in [2.75, 3.05) is 19.6 Å². The number of carbonyl (C=O) groups is 1. The third kappa shape index (κ3) is 5.32. The molecular formula is C21H25ClNO2-. The average Bonchev–Trinajstić information content (AvgIpc) is 3.10. The summed E-state index contributed by atoms with van der Waals surface area (Å²) in [6.07, 6.45) is 2.40. The Hall–Kier alpha value is -1.84. The number of nitrogens with zero attached hydrogens (tertiary/aromatic N) is 1. The molecule has 0 amide bonds. The van der Waals surface area contributed by atoms with E-state index in [1.807, 2.05) is 67.6 Å². The lowest BCUT2D eigenvalue weighted by Crippen LogP contribution is -3.00. The molecule has 0 N–H and O–H groups in total. The highest BCUT2D eigenvalue weighted by molar-refractivity contribution is 5.82. The summed E-state index contributed by atoms with van der Waals surface area (Å²) < 4.78 is 5.80. The van der Waals surface area contributed by atoms with Crippen molar-refractivity contribution >= 4 is 5.97 Å². The predicted molar refractivity (Wildman–Crippen MR) is 96.0 cm³/mol. The summed E-state index contributed by atoms with van der Waals surface area (Å²) in [5, 5.41) is 0. The molecule has 134 valence electrons. The molecule has 1 unspecified atom stereocenters. The van der Waals surface area contributed by atoms with Gasteiger partial charge in [-0.05, 0) is 44.0 Å². The molecule has 0 aliphatic carbocycles. The highest BCUT2D eigenvalue weighted by Gasteiger charge is 2.26. The fraction of sp³-hybridized carbons (Fsp3) is 0.381. The van der Waals surface area contributed by atoms with Crippen molar-refractivity contribution in [1.29, 1.82) is 0 Å². The van der Waals surface area contributed by atoms with Crippen molar-refractivity contribution in [2.45, 2.75) is 31.8 Å². The molecule has 0 aromatic heterocycles. The van der Waals surface area contributed by atoms with Crippen LogP contribution in [0.5, 0.6) is 0 Å². The van der Waals surface area contributed by atoms with E-state index in [0.29, 0.717) is 0 Å². The third-order valence-corrected chi connectivity index (χ3v) is 4.53. The van der Waals surface area contributed by atoms with Crippen molar-refractivity contribution in [1.82, 2.24) is 4.90 Å². The Morgan fingerprint density at radius 1 is 0.960 bits per heavy atom. The van der Waals surface area contributed by atoms with Crippen molar-refractivity contribution in [3.63, 3.8) is 0 Å². The van der Waals surface area contributed by atoms with E-state index in [-0.39, 0.29) is 30.4 Å². The third-order valence-electron chi connectivity index (χ3n) is 4.53. The van der Waals surface area contributed by atoms with Gasteiger partial charge in [0.25, 0.3) is 0 Å². The summed E-state index contributed by atoms with van der Waals surface area (Å²) in [6, 6.07) is 19.7. The maximum atomic E-state index is 12.9. The lowest BCUT2D eigenvalue weighted by atomic mass is 9.91. The second-order valence-corrected chi connectivity index (χ2v) is 6.51. The molecule has 1 saturated heterocycles. The molecule has 1 fully saturated rings. The van der Waals surface area contributed by atoms with Crippen LogP contribution in [0, 0.1) is 0 Å². The topological polar surface area (TPSA) is 29.5 Å². The van der Waals surface area contributed by atoms with Crippen LogP contribution in [-0.4, -0.2) is 36.6 Å². The maximum Gasteiger partial charge on any atom is 0.318 e. The van der Waals surface area contributed by atoms with Gasteiger partial charge in [0.1, 0.15) is 12.0 Å². The fourth-order valence-electron chi connectivity index (χ4n) is 3.39. The molecule has 0 spiro atoms. The second-order valence-electron chi connectivity index (χ2n) is 6.51. The Bertz CT molecular complexity index is 602. The van der Waals surface area contributed by atoms with Gasteiger partial charge in [0.15, 0.2) is 0 Å². The zero-order chi connectivity index (χ0) is 16.8. The van der Waals surface area contributed by atoms with Crippen LogP contribution < -0.4 is 12.4 Å². The molecule has 1 aliphatic rings. The molecule has 2 aromatic carbocycles. The second kappa shape index (κ2) is 9.59. The van der Waals surface area contributed by atoms with Gasteiger partial charge < -0.3 is 17.1 Å². The first-order valence-corrected chi connectivity index (χ1v) is 8.77. The van der Waals surface area contributed by atoms with E-state index in [4.69, 9.17) is 4.74 Å². The molecule has 0 radical (unpaired) electrons. The lowest BCUT2D eigenvalue weighted by Gasteiger charge is -2.23. The average molecular weight is 359 g/mol. The number of esters is 1. The number of benzene rings is 2. The van der Waals surface area contributed by atoms with Gasteiger partial charge in [-0.1, -0.05) is 60.7 Å². The number of halogens is 1. The zero-order valence-corrected chi connectivity index (χ0v) is 15.4. The summed E-state index contributed by atoms with van der Waals surface area (Å²) in [4.78, 5) is 15.3. The normalized spacial score (nSPS) is 15.6. The molecule has 25 heavy (non-hydrogen) atoms. The molecule has 4 heteroatoms. The van der Waals surface area contributed by atoms with E-state index < -0.39 is 0 Å². The lowest BCUT2D eigenvalue weighted by molar-refractivity contribution is -0.149. The molecule has 0 saturated carbocycles. The van der Waals surface area contributed by atoms with E-state index in [0.717, 1.165) is 30.8 Å². The standard InChI is InChI=1S/C21H25NO2.ClH/c1-17(16-22-14-8-9-15-22)24-21(23)20(18-10-4-2-5-11-18)19-12-6-3-7-13-19;/h2-7,10-13,17,20H,8-9,14-16H2,1H3;1H/p-1. The molecule has 0 bridgehead atoms. The smallest absolute Gasteiger partial charge is 0.318 e. The van der Waals surface area contributed by atoms with Gasteiger partial charge in [-0.2, -0.15) is 0 Å². The number of likely N-dealkylation sites (tertiary alicyclic amines) is 1. The molecule has 3 rings (SSSR count). The Kier molecular flexibility index (Phi) is 7.48. The first-order valence-electron chi connectivity index (χ1n) is 8.77. The monoisotopic (exact) mass is 358 g/mol. The van der Waals surface area contributed by atoms with E-state index in [1.54, 1.807) is 0 Å². The van der Waals surface area contributed by atoms with E-state index in [2.05, 4.69) is 4.90 Å². The van der Waals surface area contributed by atoms with Gasteiger partial charge in [0.2, 0.25) is 0 Å². The van der Waals surface area contributed by atoms with Crippen molar-refractivity contribution in [3.8, 4) is 0 Å². The van der Waals surface area contributed by atoms with Gasteiger partial charge in [0, 0.05) is 6.54 Å². The maximum absolute atomic E-state index is 12.9. The van der Waals surface area contributed by atoms with Gasteiger partial charge in [0.05, 0.1) is 0 Å². The van der Waals surface area contributed by atoms with E-state index in [9.17, 15) is 4.79 Å². The zero-order valence-electron chi connectivity index (χ0n) is 14.6. The molecule has 1 atom stereocenters. The van der Waals surface area contributed by atoms with E-state index in [1.165, 1.54) is 12.8 Å². The van der Waals surface area contributed by atoms with Crippen LogP contribution in [0.2, 0.25) is 0 Å². The minimum atomic E-state index is -0.367. The van der Waals surface area contributed by atoms with Crippen molar-refractivity contribution in [2.24, 2.45) is 0 Å². The number of hydrogen-bond donors (Lipinski definition) is 0. The Morgan fingerprint density at radius 2 is 1.44 bits per heavy atom. The molecule has 1 aliphatic heterocycles. The fourth-order valence-corrected chi connectivity index (χ4v) is 3.39. The summed E-state index contributed by atoms with van der Waals surface area (Å²) in [7, 11) is 0. The number of ether oxygens (including phenoxy) is 1. The number of rotatable bonds is 6. The first kappa shape index (κ1) is 19.5. The predicted octanol–water partition coefficient (Wildman–Crippen LogP) is 0.850. The first-order chi connectivity index (χ1) is 11.7. The van der Waals surface area contributed by atoms with Crippen LogP contribution >= 0.6 is 0 Å². The molecule has 3 nitrogen and oxygen atoms in total. The van der Waals surface area contributed by atoms with Crippen LogP contribution in [0.1, 0.15) is 36.8 Å². The van der Waals surface area contributed by atoms with Crippen LogP contribution in [0.15, 0.2) is 60.7 Å². The van der Waals surface area contributed by atoms with Crippen LogP contribution in [0.4, 0.5) is 0 Å². The van der Waals surface area contributed by atoms with Crippen LogP contribution in [-0.2, 0) is 9.53 Å². The highest BCUT2D eigenvalue weighted by Crippen LogP contribution is 2.26. The molecule has 1 heterocycles. The summed E-state index contributed by atoms with van der Waals surface area (Å²) in [5.41, 5.74) is 1.95. The van der Waals surface area contributed by atoms with Gasteiger partial charge >= 0.3 is 5.97 Å². The van der Waals surface area contributed by atoms with Crippen molar-refractivity contribution < 1.29 is 21.9 Å². The summed E-state index contributed by atoms with van der Waals surface area (Å²) in [6.45, 7) is 5.04. The Morgan fingerprint density at radius 3 is 1.92 bits per heavy atom. The quantitative estimate of drug-likeness (QED) is 0.717. The number of carbonyl (C=O) groups excluding carboxylic acids is 1. The van der Waals surface area contributed by atoms with Gasteiger partial charge in [-0.3, -0.25) is 9.69 Å². The largest absolute Gasteiger partial charge is 1.00 e. The molecular weight excluding hydrogens is 334 g/mol. The van der Waals surface area contributed by atoms with Crippen molar-refractivity contribution in [3.05, 3.63) is 71.8 Å².